The molecule has 2 aromatic carbocycles. The van der Waals surface area contributed by atoms with Crippen LogP contribution >= 0.6 is 0 Å². The van der Waals surface area contributed by atoms with Crippen molar-refractivity contribution in [2.75, 3.05) is 18.5 Å². The molecule has 1 N–H and O–H groups in total. The molecule has 6 heteroatoms. The molecule has 2 aromatic rings. The number of hydrogen-bond donors (Lipinski definition) is 1. The topological polar surface area (TPSA) is 88.4 Å². The highest BCUT2D eigenvalue weighted by Crippen LogP contribution is 2.13. The third-order valence-electron chi connectivity index (χ3n) is 3.03. The van der Waals surface area contributed by atoms with E-state index in [0.29, 0.717) is 29.2 Å². The Hall–Kier alpha value is -3.33. The van der Waals surface area contributed by atoms with E-state index >= 15 is 0 Å². The standard InChI is InChI=1S/C18H16N2O4/c1-2-23-18(22)14-5-7-15(8-6-14)20-17(21)12-24-16-9-3-13(11-19)4-10-16/h3-10H,2,12H2,1H3,(H,20,21). The number of carbonyl (C=O) groups is 2. The average molecular weight is 324 g/mol. The lowest BCUT2D eigenvalue weighted by Gasteiger charge is -2.08. The summed E-state index contributed by atoms with van der Waals surface area (Å²) in [5, 5.41) is 11.4. The van der Waals surface area contributed by atoms with E-state index in [4.69, 9.17) is 14.7 Å². The van der Waals surface area contributed by atoms with Crippen LogP contribution < -0.4 is 10.1 Å². The van der Waals surface area contributed by atoms with Crippen molar-refractivity contribution in [3.8, 4) is 11.8 Å². The number of esters is 1. The van der Waals surface area contributed by atoms with Gasteiger partial charge in [-0.1, -0.05) is 0 Å². The molecule has 0 bridgehead atoms. The Morgan fingerprint density at radius 3 is 2.33 bits per heavy atom. The molecule has 6 nitrogen and oxygen atoms in total. The molecule has 0 unspecified atom stereocenters. The van der Waals surface area contributed by atoms with Crippen molar-refractivity contribution in [3.63, 3.8) is 0 Å². The first-order valence-electron chi connectivity index (χ1n) is 7.32. The Kier molecular flexibility index (Phi) is 5.92. The molecule has 0 aliphatic carbocycles. The van der Waals surface area contributed by atoms with Crippen LogP contribution in [0.25, 0.3) is 0 Å². The summed E-state index contributed by atoms with van der Waals surface area (Å²) in [6, 6.07) is 14.9. The minimum Gasteiger partial charge on any atom is -0.484 e. The second-order valence-corrected chi connectivity index (χ2v) is 4.77. The molecule has 0 atom stereocenters. The number of benzene rings is 2. The molecule has 122 valence electrons. The van der Waals surface area contributed by atoms with Crippen LogP contribution in [0.4, 0.5) is 5.69 Å². The van der Waals surface area contributed by atoms with E-state index < -0.39 is 5.97 Å². The van der Waals surface area contributed by atoms with Gasteiger partial charge in [0.15, 0.2) is 6.61 Å². The van der Waals surface area contributed by atoms with Gasteiger partial charge in [-0.3, -0.25) is 4.79 Å². The van der Waals surface area contributed by atoms with Gasteiger partial charge in [-0.25, -0.2) is 4.79 Å². The fourth-order valence-electron chi connectivity index (χ4n) is 1.88. The Balaban J connectivity index is 1.85. The molecular formula is C18H16N2O4. The lowest BCUT2D eigenvalue weighted by Crippen LogP contribution is -2.20. The quantitative estimate of drug-likeness (QED) is 0.825. The number of ether oxygens (including phenoxy) is 2. The first kappa shape index (κ1) is 17.0. The Morgan fingerprint density at radius 2 is 1.75 bits per heavy atom. The molecule has 0 spiro atoms. The lowest BCUT2D eigenvalue weighted by atomic mass is 10.2. The van der Waals surface area contributed by atoms with Gasteiger partial charge in [-0.15, -0.1) is 0 Å². The van der Waals surface area contributed by atoms with Crippen LogP contribution in [0, 0.1) is 11.3 Å². The second-order valence-electron chi connectivity index (χ2n) is 4.77. The van der Waals surface area contributed by atoms with Crippen molar-refractivity contribution >= 4 is 17.6 Å². The summed E-state index contributed by atoms with van der Waals surface area (Å²) >= 11 is 0. The number of nitriles is 1. The van der Waals surface area contributed by atoms with Crippen LogP contribution in [0.5, 0.6) is 5.75 Å². The molecule has 0 aromatic heterocycles. The van der Waals surface area contributed by atoms with Gasteiger partial charge in [0.2, 0.25) is 0 Å². The van der Waals surface area contributed by atoms with Crippen molar-refractivity contribution in [1.82, 2.24) is 0 Å². The highest BCUT2D eigenvalue weighted by molar-refractivity contribution is 5.93. The third kappa shape index (κ3) is 4.85. The maximum atomic E-state index is 11.9. The van der Waals surface area contributed by atoms with Crippen molar-refractivity contribution in [1.29, 1.82) is 5.26 Å². The normalized spacial score (nSPS) is 9.67. The number of carbonyl (C=O) groups excluding carboxylic acids is 2. The zero-order valence-corrected chi connectivity index (χ0v) is 13.1. The second kappa shape index (κ2) is 8.34. The van der Waals surface area contributed by atoms with Gasteiger partial charge in [0.25, 0.3) is 5.91 Å². The van der Waals surface area contributed by atoms with Gasteiger partial charge in [0, 0.05) is 5.69 Å². The van der Waals surface area contributed by atoms with Gasteiger partial charge < -0.3 is 14.8 Å². The molecule has 0 aliphatic heterocycles. The van der Waals surface area contributed by atoms with E-state index in [2.05, 4.69) is 5.32 Å². The number of nitrogens with one attached hydrogen (secondary N) is 1. The maximum absolute atomic E-state index is 11.9. The van der Waals surface area contributed by atoms with E-state index in [0.717, 1.165) is 0 Å². The largest absolute Gasteiger partial charge is 0.484 e. The van der Waals surface area contributed by atoms with Crippen molar-refractivity contribution in [2.24, 2.45) is 0 Å². The van der Waals surface area contributed by atoms with Crippen LogP contribution in [-0.4, -0.2) is 25.1 Å². The fraction of sp³-hybridized carbons (Fsp3) is 0.167. The zero-order chi connectivity index (χ0) is 17.4. The Labute approximate surface area is 139 Å². The number of anilines is 1. The molecular weight excluding hydrogens is 308 g/mol. The molecule has 0 heterocycles. The highest BCUT2D eigenvalue weighted by Gasteiger charge is 2.07. The summed E-state index contributed by atoms with van der Waals surface area (Å²) in [6.07, 6.45) is 0. The summed E-state index contributed by atoms with van der Waals surface area (Å²) in [7, 11) is 0. The molecule has 0 saturated carbocycles. The van der Waals surface area contributed by atoms with Gasteiger partial charge in [0.05, 0.1) is 23.8 Å². The van der Waals surface area contributed by atoms with Crippen molar-refractivity contribution in [2.45, 2.75) is 6.92 Å². The smallest absolute Gasteiger partial charge is 0.338 e. The zero-order valence-electron chi connectivity index (χ0n) is 13.1. The number of rotatable bonds is 6. The molecule has 0 aliphatic rings. The number of hydrogen-bond acceptors (Lipinski definition) is 5. The van der Waals surface area contributed by atoms with E-state index in [1.165, 1.54) is 0 Å². The molecule has 0 radical (unpaired) electrons. The molecule has 2 rings (SSSR count). The minimum absolute atomic E-state index is 0.161. The Morgan fingerprint density at radius 1 is 1.08 bits per heavy atom. The third-order valence-corrected chi connectivity index (χ3v) is 3.03. The van der Waals surface area contributed by atoms with Gasteiger partial charge in [-0.05, 0) is 55.5 Å². The summed E-state index contributed by atoms with van der Waals surface area (Å²) in [6.45, 7) is 1.88. The van der Waals surface area contributed by atoms with Crippen LogP contribution in [0.2, 0.25) is 0 Å². The molecule has 0 saturated heterocycles. The van der Waals surface area contributed by atoms with Crippen LogP contribution in [-0.2, 0) is 9.53 Å². The minimum atomic E-state index is -0.403. The first-order chi connectivity index (χ1) is 11.6. The molecule has 24 heavy (non-hydrogen) atoms. The van der Waals surface area contributed by atoms with Gasteiger partial charge >= 0.3 is 5.97 Å². The van der Waals surface area contributed by atoms with E-state index in [-0.39, 0.29) is 12.5 Å². The average Bonchev–Trinajstić information content (AvgIpc) is 2.61. The molecule has 0 fully saturated rings. The van der Waals surface area contributed by atoms with Gasteiger partial charge in [0.1, 0.15) is 5.75 Å². The highest BCUT2D eigenvalue weighted by atomic mass is 16.5. The lowest BCUT2D eigenvalue weighted by molar-refractivity contribution is -0.118. The predicted molar refractivity (Wildman–Crippen MR) is 87.7 cm³/mol. The van der Waals surface area contributed by atoms with E-state index in [9.17, 15) is 9.59 Å². The number of nitrogens with zero attached hydrogens (tertiary/aromatic N) is 1. The van der Waals surface area contributed by atoms with Crippen LogP contribution in [0.3, 0.4) is 0 Å². The van der Waals surface area contributed by atoms with E-state index in [1.807, 2.05) is 6.07 Å². The monoisotopic (exact) mass is 324 g/mol. The Bertz CT molecular complexity index is 746. The summed E-state index contributed by atoms with van der Waals surface area (Å²) in [4.78, 5) is 23.4. The van der Waals surface area contributed by atoms with Crippen molar-refractivity contribution < 1.29 is 19.1 Å². The van der Waals surface area contributed by atoms with Gasteiger partial charge in [-0.2, -0.15) is 5.26 Å². The SMILES string of the molecule is CCOC(=O)c1ccc(NC(=O)COc2ccc(C#N)cc2)cc1. The summed E-state index contributed by atoms with van der Waals surface area (Å²) in [5.41, 5.74) is 1.49. The van der Waals surface area contributed by atoms with Crippen molar-refractivity contribution in [3.05, 3.63) is 59.7 Å². The fourth-order valence-corrected chi connectivity index (χ4v) is 1.88. The first-order valence-corrected chi connectivity index (χ1v) is 7.32. The van der Waals surface area contributed by atoms with Crippen LogP contribution in [0.1, 0.15) is 22.8 Å². The summed E-state index contributed by atoms with van der Waals surface area (Å²) < 4.78 is 10.2. The van der Waals surface area contributed by atoms with Crippen LogP contribution in [0.15, 0.2) is 48.5 Å². The molecule has 1 amide bonds. The maximum Gasteiger partial charge on any atom is 0.338 e. The predicted octanol–water partition coefficient (Wildman–Crippen LogP) is 2.75. The number of amides is 1. The summed E-state index contributed by atoms with van der Waals surface area (Å²) in [5.74, 6) is -0.232. The van der Waals surface area contributed by atoms with E-state index in [1.54, 1.807) is 55.5 Å².